The number of methoxy groups -OCH3 is 1. The summed E-state index contributed by atoms with van der Waals surface area (Å²) in [5.41, 5.74) is 5.11. The number of nitrogens with zero attached hydrogens (tertiary/aromatic N) is 2. The first-order valence-corrected chi connectivity index (χ1v) is 10.7. The minimum atomic E-state index is -0.721. The Kier molecular flexibility index (Phi) is 8.07. The molecule has 1 aliphatic rings. The Balaban J connectivity index is 1.86. The van der Waals surface area contributed by atoms with Gasteiger partial charge in [-0.1, -0.05) is 6.92 Å². The van der Waals surface area contributed by atoms with Gasteiger partial charge in [-0.25, -0.2) is 4.79 Å². The number of amides is 1. The Labute approximate surface area is 185 Å². The number of anilines is 2. The number of aromatic amines is 1. The van der Waals surface area contributed by atoms with E-state index in [0.29, 0.717) is 30.9 Å². The molecule has 10 heteroatoms. The molecule has 0 saturated carbocycles. The van der Waals surface area contributed by atoms with Crippen LogP contribution in [0.25, 0.3) is 0 Å². The molecule has 1 amide bonds. The topological polar surface area (TPSA) is 129 Å². The normalized spacial score (nSPS) is 15.6. The molecule has 32 heavy (non-hydrogen) atoms. The zero-order chi connectivity index (χ0) is 23.1. The molecule has 1 aromatic heterocycles. The summed E-state index contributed by atoms with van der Waals surface area (Å²) in [7, 11) is 1.49. The number of benzene rings is 1. The lowest BCUT2D eigenvalue weighted by Gasteiger charge is -2.24. The van der Waals surface area contributed by atoms with Gasteiger partial charge in [0.15, 0.2) is 5.69 Å². The van der Waals surface area contributed by atoms with E-state index in [2.05, 4.69) is 4.98 Å². The van der Waals surface area contributed by atoms with E-state index in [1.165, 1.54) is 16.6 Å². The van der Waals surface area contributed by atoms with Crippen molar-refractivity contribution in [1.82, 2.24) is 9.55 Å². The number of H-pyrrole nitrogens is 1. The van der Waals surface area contributed by atoms with E-state index in [9.17, 15) is 14.4 Å². The average molecular weight is 447 g/mol. The van der Waals surface area contributed by atoms with Crippen LogP contribution in [0.5, 0.6) is 5.75 Å². The molecule has 0 aliphatic carbocycles. The van der Waals surface area contributed by atoms with Gasteiger partial charge in [0.1, 0.15) is 18.2 Å². The van der Waals surface area contributed by atoms with Gasteiger partial charge >= 0.3 is 5.69 Å². The maximum absolute atomic E-state index is 13.3. The van der Waals surface area contributed by atoms with Crippen molar-refractivity contribution < 1.29 is 19.0 Å². The van der Waals surface area contributed by atoms with E-state index in [0.717, 1.165) is 19.4 Å². The summed E-state index contributed by atoms with van der Waals surface area (Å²) in [6.07, 6.45) is 2.73. The summed E-state index contributed by atoms with van der Waals surface area (Å²) in [6, 6.07) is 6.64. The fourth-order valence-corrected chi connectivity index (χ4v) is 3.60. The number of hydrogen-bond acceptors (Lipinski definition) is 7. The molecule has 1 atom stereocenters. The summed E-state index contributed by atoms with van der Waals surface area (Å²) in [5, 5.41) is 0. The lowest BCUT2D eigenvalue weighted by atomic mass is 10.1. The Hall–Kier alpha value is -3.11. The van der Waals surface area contributed by atoms with Gasteiger partial charge in [-0.2, -0.15) is 0 Å². The van der Waals surface area contributed by atoms with Crippen molar-refractivity contribution in [2.24, 2.45) is 0 Å². The molecule has 2 aromatic rings. The van der Waals surface area contributed by atoms with Crippen molar-refractivity contribution >= 4 is 17.4 Å². The van der Waals surface area contributed by atoms with E-state index < -0.39 is 17.2 Å². The van der Waals surface area contributed by atoms with Crippen LogP contribution in [0.3, 0.4) is 0 Å². The molecule has 2 heterocycles. The molecule has 1 aliphatic heterocycles. The van der Waals surface area contributed by atoms with Crippen LogP contribution in [-0.4, -0.2) is 55.0 Å². The van der Waals surface area contributed by atoms with E-state index in [1.54, 1.807) is 24.3 Å². The van der Waals surface area contributed by atoms with Crippen LogP contribution in [0.15, 0.2) is 33.9 Å². The molecule has 0 radical (unpaired) electrons. The number of nitrogen functional groups attached to an aromatic ring is 1. The van der Waals surface area contributed by atoms with E-state index >= 15 is 0 Å². The highest BCUT2D eigenvalue weighted by molar-refractivity contribution is 6.07. The third-order valence-corrected chi connectivity index (χ3v) is 5.26. The largest absolute Gasteiger partial charge is 0.491 e. The second-order valence-corrected chi connectivity index (χ2v) is 7.56. The molecule has 174 valence electrons. The van der Waals surface area contributed by atoms with Crippen molar-refractivity contribution in [3.05, 3.63) is 50.7 Å². The fraction of sp³-hybridized carbons (Fsp3) is 0.500. The number of carbonyl (C=O) groups excluding carboxylic acids is 1. The van der Waals surface area contributed by atoms with Crippen molar-refractivity contribution in [1.29, 1.82) is 0 Å². The fourth-order valence-electron chi connectivity index (χ4n) is 3.60. The van der Waals surface area contributed by atoms with Crippen LogP contribution in [0.1, 0.15) is 36.5 Å². The van der Waals surface area contributed by atoms with Crippen molar-refractivity contribution in [3.63, 3.8) is 0 Å². The molecule has 1 unspecified atom stereocenters. The Morgan fingerprint density at radius 3 is 2.69 bits per heavy atom. The summed E-state index contributed by atoms with van der Waals surface area (Å²) in [6.45, 7) is 3.68. The number of ether oxygens (including phenoxy) is 3. The molecule has 1 aromatic carbocycles. The average Bonchev–Trinajstić information content (AvgIpc) is 3.31. The molecule has 0 spiro atoms. The lowest BCUT2D eigenvalue weighted by Crippen LogP contribution is -2.42. The number of hydrogen-bond donors (Lipinski definition) is 2. The molecule has 1 saturated heterocycles. The van der Waals surface area contributed by atoms with Gasteiger partial charge in [-0.15, -0.1) is 0 Å². The minimum absolute atomic E-state index is 0.0541. The van der Waals surface area contributed by atoms with Gasteiger partial charge in [0.05, 0.1) is 12.7 Å². The number of carbonyl (C=O) groups is 1. The predicted octanol–water partition coefficient (Wildman–Crippen LogP) is 1.38. The maximum Gasteiger partial charge on any atom is 0.330 e. The van der Waals surface area contributed by atoms with Crippen LogP contribution >= 0.6 is 0 Å². The third kappa shape index (κ3) is 5.38. The lowest BCUT2D eigenvalue weighted by molar-refractivity contribution is 0.0679. The van der Waals surface area contributed by atoms with Gasteiger partial charge in [0, 0.05) is 32.4 Å². The van der Waals surface area contributed by atoms with Gasteiger partial charge in [-0.3, -0.25) is 24.0 Å². The smallest absolute Gasteiger partial charge is 0.330 e. The molecule has 3 rings (SSSR count). The molecular formula is C22H30N4O6. The zero-order valence-electron chi connectivity index (χ0n) is 18.5. The molecule has 10 nitrogen and oxygen atoms in total. The quantitative estimate of drug-likeness (QED) is 0.564. The summed E-state index contributed by atoms with van der Waals surface area (Å²) in [4.78, 5) is 41.6. The Morgan fingerprint density at radius 2 is 2.06 bits per heavy atom. The van der Waals surface area contributed by atoms with Crippen molar-refractivity contribution in [2.75, 3.05) is 44.1 Å². The first-order chi connectivity index (χ1) is 15.5. The highest BCUT2D eigenvalue weighted by Crippen LogP contribution is 2.21. The highest BCUT2D eigenvalue weighted by atomic mass is 16.5. The van der Waals surface area contributed by atoms with Crippen LogP contribution in [0, 0.1) is 0 Å². The van der Waals surface area contributed by atoms with Gasteiger partial charge in [0.25, 0.3) is 11.5 Å². The maximum atomic E-state index is 13.3. The summed E-state index contributed by atoms with van der Waals surface area (Å²) < 4.78 is 17.7. The van der Waals surface area contributed by atoms with Gasteiger partial charge in [-0.05, 0) is 43.5 Å². The minimum Gasteiger partial charge on any atom is -0.491 e. The molecule has 0 bridgehead atoms. The van der Waals surface area contributed by atoms with Crippen molar-refractivity contribution in [2.45, 2.75) is 38.8 Å². The van der Waals surface area contributed by atoms with Crippen molar-refractivity contribution in [3.8, 4) is 5.75 Å². The molecule has 3 N–H and O–H groups in total. The van der Waals surface area contributed by atoms with E-state index in [4.69, 9.17) is 19.9 Å². The zero-order valence-corrected chi connectivity index (χ0v) is 18.5. The first-order valence-electron chi connectivity index (χ1n) is 10.7. The van der Waals surface area contributed by atoms with Crippen LogP contribution in [-0.2, 0) is 16.0 Å². The predicted molar refractivity (Wildman–Crippen MR) is 120 cm³/mol. The molecular weight excluding hydrogens is 416 g/mol. The Bertz CT molecular complexity index is 1020. The van der Waals surface area contributed by atoms with Crippen LogP contribution in [0.4, 0.5) is 11.5 Å². The number of aromatic nitrogens is 2. The number of nitrogens with one attached hydrogen (secondary N) is 1. The van der Waals surface area contributed by atoms with Gasteiger partial charge < -0.3 is 19.9 Å². The standard InChI is InChI=1S/C22H30N4O6/c1-3-10-26-19(23)18(20(27)24-22(26)29)25(11-13-30-2)21(28)15-6-8-16(9-7-15)32-14-17-5-4-12-31-17/h6-9,17H,3-5,10-14,23H2,1-2H3,(H,24,27,29). The first kappa shape index (κ1) is 23.6. The second kappa shape index (κ2) is 11.0. The van der Waals surface area contributed by atoms with E-state index in [1.807, 2.05) is 6.92 Å². The van der Waals surface area contributed by atoms with Crippen LogP contribution in [0.2, 0.25) is 0 Å². The Morgan fingerprint density at radius 1 is 1.31 bits per heavy atom. The highest BCUT2D eigenvalue weighted by Gasteiger charge is 2.25. The SMILES string of the molecule is CCCn1c(N)c(N(CCOC)C(=O)c2ccc(OCC3CCCO3)cc2)c(=O)[nH]c1=O. The van der Waals surface area contributed by atoms with Gasteiger partial charge in [0.2, 0.25) is 0 Å². The molecule has 1 fully saturated rings. The second-order valence-electron chi connectivity index (χ2n) is 7.56. The summed E-state index contributed by atoms with van der Waals surface area (Å²) in [5.74, 6) is 0.127. The number of rotatable bonds is 10. The number of nitrogens with two attached hydrogens (primary N) is 1. The van der Waals surface area contributed by atoms with E-state index in [-0.39, 0.29) is 30.8 Å². The summed E-state index contributed by atoms with van der Waals surface area (Å²) >= 11 is 0. The third-order valence-electron chi connectivity index (χ3n) is 5.26. The monoisotopic (exact) mass is 446 g/mol. The van der Waals surface area contributed by atoms with Crippen LogP contribution < -0.4 is 26.6 Å².